The van der Waals surface area contributed by atoms with Gasteiger partial charge in [0.25, 0.3) is 0 Å². The van der Waals surface area contributed by atoms with E-state index in [0.717, 1.165) is 13.0 Å². The zero-order valence-corrected chi connectivity index (χ0v) is 8.13. The maximum Gasteiger partial charge on any atom is 0.222 e. The predicted molar refractivity (Wildman–Crippen MR) is 48.9 cm³/mol. The minimum atomic E-state index is 0.275. The number of amides is 1. The lowest BCUT2D eigenvalue weighted by molar-refractivity contribution is -0.132. The highest BCUT2D eigenvalue weighted by molar-refractivity contribution is 5.76. The van der Waals surface area contributed by atoms with Crippen molar-refractivity contribution in [3.05, 3.63) is 0 Å². The zero-order chi connectivity index (χ0) is 9.14. The lowest BCUT2D eigenvalue weighted by Crippen LogP contribution is -2.48. The van der Waals surface area contributed by atoms with Crippen molar-refractivity contribution < 1.29 is 4.79 Å². The summed E-state index contributed by atoms with van der Waals surface area (Å²) in [5, 5.41) is 3.44. The van der Waals surface area contributed by atoms with Crippen LogP contribution in [0, 0.1) is 0 Å². The number of hydrogen-bond acceptors (Lipinski definition) is 2. The van der Waals surface area contributed by atoms with Gasteiger partial charge >= 0.3 is 0 Å². The lowest BCUT2D eigenvalue weighted by Gasteiger charge is -2.31. The standard InChI is InChI=1S/C9H18N2O/c1-7(2)10-8-4-5-9(12)11(3)6-8/h7-8,10H,4-6H2,1-3H3. The molecule has 1 aliphatic heterocycles. The van der Waals surface area contributed by atoms with Gasteiger partial charge in [0, 0.05) is 32.1 Å². The van der Waals surface area contributed by atoms with Gasteiger partial charge in [-0.2, -0.15) is 0 Å². The maximum absolute atomic E-state index is 11.1. The fourth-order valence-electron chi connectivity index (χ4n) is 1.62. The van der Waals surface area contributed by atoms with Crippen LogP contribution in [0.25, 0.3) is 0 Å². The Balaban J connectivity index is 2.35. The van der Waals surface area contributed by atoms with Crippen LogP contribution in [0.2, 0.25) is 0 Å². The summed E-state index contributed by atoms with van der Waals surface area (Å²) in [5.74, 6) is 0.275. The number of hydrogen-bond donors (Lipinski definition) is 1. The molecule has 3 heteroatoms. The van der Waals surface area contributed by atoms with Crippen molar-refractivity contribution in [2.24, 2.45) is 0 Å². The Labute approximate surface area is 74.1 Å². The van der Waals surface area contributed by atoms with Crippen molar-refractivity contribution in [1.82, 2.24) is 10.2 Å². The van der Waals surface area contributed by atoms with E-state index in [1.807, 2.05) is 11.9 Å². The van der Waals surface area contributed by atoms with E-state index in [1.165, 1.54) is 0 Å². The van der Waals surface area contributed by atoms with Crippen molar-refractivity contribution in [2.75, 3.05) is 13.6 Å². The number of nitrogens with one attached hydrogen (secondary N) is 1. The molecule has 0 saturated carbocycles. The Bertz CT molecular complexity index is 168. The Kier molecular flexibility index (Phi) is 3.09. The van der Waals surface area contributed by atoms with Crippen LogP contribution in [0.5, 0.6) is 0 Å². The molecule has 3 nitrogen and oxygen atoms in total. The van der Waals surface area contributed by atoms with E-state index < -0.39 is 0 Å². The van der Waals surface area contributed by atoms with Crippen LogP contribution >= 0.6 is 0 Å². The van der Waals surface area contributed by atoms with Crippen molar-refractivity contribution >= 4 is 5.91 Å². The third-order valence-corrected chi connectivity index (χ3v) is 2.20. The van der Waals surface area contributed by atoms with Gasteiger partial charge < -0.3 is 10.2 Å². The van der Waals surface area contributed by atoms with Gasteiger partial charge in [-0.25, -0.2) is 0 Å². The minimum absolute atomic E-state index is 0.275. The number of rotatable bonds is 2. The fraction of sp³-hybridized carbons (Fsp3) is 0.889. The van der Waals surface area contributed by atoms with Gasteiger partial charge in [0.1, 0.15) is 0 Å². The second-order valence-electron chi connectivity index (χ2n) is 3.83. The number of carbonyl (C=O) groups excluding carboxylic acids is 1. The molecule has 70 valence electrons. The fourth-order valence-corrected chi connectivity index (χ4v) is 1.62. The molecular weight excluding hydrogens is 152 g/mol. The molecule has 1 aliphatic rings. The average Bonchev–Trinajstić information content (AvgIpc) is 1.96. The first kappa shape index (κ1) is 9.52. The zero-order valence-electron chi connectivity index (χ0n) is 8.13. The minimum Gasteiger partial charge on any atom is -0.344 e. The molecule has 0 aliphatic carbocycles. The van der Waals surface area contributed by atoms with Crippen LogP contribution in [0.4, 0.5) is 0 Å². The number of likely N-dealkylation sites (tertiary alicyclic amines) is 1. The SMILES string of the molecule is CC(C)NC1CCC(=O)N(C)C1. The molecule has 1 N–H and O–H groups in total. The smallest absolute Gasteiger partial charge is 0.222 e. The van der Waals surface area contributed by atoms with Crippen molar-refractivity contribution in [2.45, 2.75) is 38.8 Å². The van der Waals surface area contributed by atoms with Gasteiger partial charge in [-0.15, -0.1) is 0 Å². The maximum atomic E-state index is 11.1. The molecule has 1 unspecified atom stereocenters. The number of carbonyl (C=O) groups is 1. The molecule has 0 aromatic rings. The van der Waals surface area contributed by atoms with E-state index in [1.54, 1.807) is 0 Å². The lowest BCUT2D eigenvalue weighted by atomic mass is 10.1. The predicted octanol–water partition coefficient (Wildman–Crippen LogP) is 0.605. The van der Waals surface area contributed by atoms with E-state index in [9.17, 15) is 4.79 Å². The molecule has 1 atom stereocenters. The van der Waals surface area contributed by atoms with Crippen LogP contribution in [-0.4, -0.2) is 36.5 Å². The van der Waals surface area contributed by atoms with Crippen molar-refractivity contribution in [3.63, 3.8) is 0 Å². The Morgan fingerprint density at radius 3 is 2.75 bits per heavy atom. The summed E-state index contributed by atoms with van der Waals surface area (Å²) in [6.45, 7) is 5.13. The summed E-state index contributed by atoms with van der Waals surface area (Å²) < 4.78 is 0. The highest BCUT2D eigenvalue weighted by atomic mass is 16.2. The van der Waals surface area contributed by atoms with Crippen LogP contribution in [0.1, 0.15) is 26.7 Å². The Morgan fingerprint density at radius 2 is 2.25 bits per heavy atom. The highest BCUT2D eigenvalue weighted by Crippen LogP contribution is 2.09. The molecule has 1 fully saturated rings. The highest BCUT2D eigenvalue weighted by Gasteiger charge is 2.22. The molecule has 1 rings (SSSR count). The van der Waals surface area contributed by atoms with Crippen LogP contribution in [0.15, 0.2) is 0 Å². The third-order valence-electron chi connectivity index (χ3n) is 2.20. The van der Waals surface area contributed by atoms with E-state index in [4.69, 9.17) is 0 Å². The summed E-state index contributed by atoms with van der Waals surface area (Å²) >= 11 is 0. The molecule has 1 saturated heterocycles. The first-order valence-corrected chi connectivity index (χ1v) is 4.59. The molecule has 0 aromatic heterocycles. The molecule has 0 aromatic carbocycles. The van der Waals surface area contributed by atoms with Gasteiger partial charge in [-0.3, -0.25) is 4.79 Å². The topological polar surface area (TPSA) is 32.3 Å². The largest absolute Gasteiger partial charge is 0.344 e. The van der Waals surface area contributed by atoms with Crippen molar-refractivity contribution in [1.29, 1.82) is 0 Å². The van der Waals surface area contributed by atoms with Crippen LogP contribution in [0.3, 0.4) is 0 Å². The normalized spacial score (nSPS) is 25.2. The van der Waals surface area contributed by atoms with Crippen LogP contribution in [-0.2, 0) is 4.79 Å². The first-order valence-electron chi connectivity index (χ1n) is 4.59. The quantitative estimate of drug-likeness (QED) is 0.658. The molecule has 0 bridgehead atoms. The van der Waals surface area contributed by atoms with E-state index >= 15 is 0 Å². The summed E-state index contributed by atoms with van der Waals surface area (Å²) in [6.07, 6.45) is 1.68. The van der Waals surface area contributed by atoms with Gasteiger partial charge in [0.15, 0.2) is 0 Å². The van der Waals surface area contributed by atoms with Gasteiger partial charge in [-0.1, -0.05) is 13.8 Å². The summed E-state index contributed by atoms with van der Waals surface area (Å²) in [6, 6.07) is 1.00. The van der Waals surface area contributed by atoms with Crippen molar-refractivity contribution in [3.8, 4) is 0 Å². The summed E-state index contributed by atoms with van der Waals surface area (Å²) in [7, 11) is 1.87. The second-order valence-corrected chi connectivity index (χ2v) is 3.83. The van der Waals surface area contributed by atoms with E-state index in [0.29, 0.717) is 18.5 Å². The Morgan fingerprint density at radius 1 is 1.58 bits per heavy atom. The van der Waals surface area contributed by atoms with E-state index in [2.05, 4.69) is 19.2 Å². The first-order chi connectivity index (χ1) is 5.59. The molecule has 0 spiro atoms. The monoisotopic (exact) mass is 170 g/mol. The second kappa shape index (κ2) is 3.90. The molecule has 1 heterocycles. The Hall–Kier alpha value is -0.570. The summed E-state index contributed by atoms with van der Waals surface area (Å²) in [5.41, 5.74) is 0. The number of nitrogens with zero attached hydrogens (tertiary/aromatic N) is 1. The molecule has 12 heavy (non-hydrogen) atoms. The third kappa shape index (κ3) is 2.48. The molecular formula is C9H18N2O. The summed E-state index contributed by atoms with van der Waals surface area (Å²) in [4.78, 5) is 12.9. The number of likely N-dealkylation sites (N-methyl/N-ethyl adjacent to an activating group) is 1. The van der Waals surface area contributed by atoms with Crippen LogP contribution < -0.4 is 5.32 Å². The molecule has 0 radical (unpaired) electrons. The van der Waals surface area contributed by atoms with E-state index in [-0.39, 0.29) is 5.91 Å². The van der Waals surface area contributed by atoms with Gasteiger partial charge in [-0.05, 0) is 6.42 Å². The number of piperidine rings is 1. The molecule has 1 amide bonds. The van der Waals surface area contributed by atoms with Gasteiger partial charge in [0.05, 0.1) is 0 Å². The van der Waals surface area contributed by atoms with Gasteiger partial charge in [0.2, 0.25) is 5.91 Å². The average molecular weight is 170 g/mol.